The van der Waals surface area contributed by atoms with Gasteiger partial charge in [-0.1, -0.05) is 13.0 Å². The highest BCUT2D eigenvalue weighted by atomic mass is 32.2. The Morgan fingerprint density at radius 1 is 1.11 bits per heavy atom. The first-order chi connectivity index (χ1) is 9.11. The largest absolute Gasteiger partial charge is 0.241 e. The minimum absolute atomic E-state index is 0.232. The number of thioether (sulfide) groups is 1. The molecule has 1 aromatic carbocycles. The molecule has 0 N–H and O–H groups in total. The zero-order valence-corrected chi connectivity index (χ0v) is 11.1. The number of hydrogen-bond acceptors (Lipinski definition) is 2. The van der Waals surface area contributed by atoms with E-state index in [0.29, 0.717) is 5.69 Å². The average molecular weight is 283 g/mol. The lowest BCUT2D eigenvalue weighted by molar-refractivity contribution is 0.447. The molecule has 0 aliphatic carbocycles. The van der Waals surface area contributed by atoms with Crippen LogP contribution in [0.15, 0.2) is 35.4 Å². The molecular weight excluding hydrogens is 271 g/mol. The van der Waals surface area contributed by atoms with Gasteiger partial charge in [0.15, 0.2) is 17.5 Å². The van der Waals surface area contributed by atoms with E-state index < -0.39 is 17.5 Å². The normalized spacial score (nSPS) is 10.7. The number of hydrogen-bond donors (Lipinski definition) is 0. The number of halogens is 3. The summed E-state index contributed by atoms with van der Waals surface area (Å²) in [4.78, 5) is 4.30. The van der Waals surface area contributed by atoms with Gasteiger partial charge < -0.3 is 0 Å². The first kappa shape index (κ1) is 13.9. The first-order valence-corrected chi connectivity index (χ1v) is 6.85. The molecule has 1 heterocycles. The van der Waals surface area contributed by atoms with Crippen molar-refractivity contribution in [1.29, 1.82) is 0 Å². The predicted molar refractivity (Wildman–Crippen MR) is 70.6 cm³/mol. The molecule has 0 aliphatic rings. The fraction of sp³-hybridized carbons (Fsp3) is 0.214. The third-order valence-corrected chi connectivity index (χ3v) is 3.59. The molecule has 2 rings (SSSR count). The average Bonchev–Trinajstić information content (AvgIpc) is 2.42. The molecule has 19 heavy (non-hydrogen) atoms. The summed E-state index contributed by atoms with van der Waals surface area (Å²) in [6.45, 7) is 2.06. The van der Waals surface area contributed by atoms with E-state index in [1.165, 1.54) is 0 Å². The van der Waals surface area contributed by atoms with Crippen LogP contribution >= 0.6 is 11.8 Å². The minimum Gasteiger partial charge on any atom is -0.241 e. The van der Waals surface area contributed by atoms with Gasteiger partial charge in [-0.15, -0.1) is 11.8 Å². The van der Waals surface area contributed by atoms with Crippen LogP contribution < -0.4 is 0 Å². The molecule has 1 nitrogen and oxygen atoms in total. The fourth-order valence-corrected chi connectivity index (χ4v) is 2.32. The summed E-state index contributed by atoms with van der Waals surface area (Å²) < 4.78 is 39.3. The molecule has 2 aromatic rings. The maximum atomic E-state index is 13.2. The number of nitrogens with zero attached hydrogens (tertiary/aromatic N) is 1. The van der Waals surface area contributed by atoms with Crippen molar-refractivity contribution in [2.24, 2.45) is 0 Å². The summed E-state index contributed by atoms with van der Waals surface area (Å²) in [6, 6.07) is 7.14. The Bertz CT molecular complexity index is 564. The smallest absolute Gasteiger partial charge is 0.194 e. The third-order valence-electron chi connectivity index (χ3n) is 2.46. The SMILES string of the molecule is CCCSc1cccc(-c2cc(F)c(F)c(F)c2)n1. The minimum atomic E-state index is -1.46. The van der Waals surface area contributed by atoms with Crippen LogP contribution in [0.2, 0.25) is 0 Å². The lowest BCUT2D eigenvalue weighted by Gasteiger charge is -2.05. The van der Waals surface area contributed by atoms with Gasteiger partial charge in [-0.25, -0.2) is 18.2 Å². The molecule has 0 saturated heterocycles. The summed E-state index contributed by atoms with van der Waals surface area (Å²) in [6.07, 6.45) is 1.01. The van der Waals surface area contributed by atoms with Crippen LogP contribution in [0.25, 0.3) is 11.3 Å². The van der Waals surface area contributed by atoms with Crippen molar-refractivity contribution >= 4 is 11.8 Å². The van der Waals surface area contributed by atoms with Crippen LogP contribution in [0.3, 0.4) is 0 Å². The van der Waals surface area contributed by atoms with Gasteiger partial charge >= 0.3 is 0 Å². The number of pyridine rings is 1. The lowest BCUT2D eigenvalue weighted by Crippen LogP contribution is -1.93. The molecule has 0 atom stereocenters. The molecule has 0 unspecified atom stereocenters. The molecule has 0 saturated carbocycles. The highest BCUT2D eigenvalue weighted by Crippen LogP contribution is 2.25. The van der Waals surface area contributed by atoms with Crippen molar-refractivity contribution in [2.75, 3.05) is 5.75 Å². The summed E-state index contributed by atoms with van der Waals surface area (Å²) in [5.74, 6) is -2.95. The van der Waals surface area contributed by atoms with E-state index >= 15 is 0 Å². The number of benzene rings is 1. The fourth-order valence-electron chi connectivity index (χ4n) is 1.57. The molecule has 100 valence electrons. The van der Waals surface area contributed by atoms with Gasteiger partial charge in [0.25, 0.3) is 0 Å². The van der Waals surface area contributed by atoms with E-state index in [4.69, 9.17) is 0 Å². The molecular formula is C14H12F3NS. The zero-order valence-electron chi connectivity index (χ0n) is 10.3. The van der Waals surface area contributed by atoms with Gasteiger partial charge in [-0.05, 0) is 36.4 Å². The van der Waals surface area contributed by atoms with Crippen molar-refractivity contribution in [3.63, 3.8) is 0 Å². The van der Waals surface area contributed by atoms with Gasteiger partial charge in [-0.2, -0.15) is 0 Å². The molecule has 5 heteroatoms. The number of rotatable bonds is 4. The second-order valence-corrected chi connectivity index (χ2v) is 5.08. The summed E-state index contributed by atoms with van der Waals surface area (Å²) in [5.41, 5.74) is 0.661. The Hall–Kier alpha value is -1.49. The Morgan fingerprint density at radius 2 is 1.79 bits per heavy atom. The standard InChI is InChI=1S/C14H12F3NS/c1-2-6-19-13-5-3-4-12(18-13)9-7-10(15)14(17)11(16)8-9/h3-5,7-8H,2,6H2,1H3. The molecule has 0 radical (unpaired) electrons. The predicted octanol–water partition coefficient (Wildman–Crippen LogP) is 4.67. The van der Waals surface area contributed by atoms with Gasteiger partial charge in [0.05, 0.1) is 10.7 Å². The Kier molecular flexibility index (Phi) is 4.47. The third kappa shape index (κ3) is 3.29. The van der Waals surface area contributed by atoms with E-state index in [9.17, 15) is 13.2 Å². The van der Waals surface area contributed by atoms with E-state index in [1.54, 1.807) is 23.9 Å². The Morgan fingerprint density at radius 3 is 2.42 bits per heavy atom. The van der Waals surface area contributed by atoms with Gasteiger partial charge in [0.1, 0.15) is 0 Å². The first-order valence-electron chi connectivity index (χ1n) is 5.86. The van der Waals surface area contributed by atoms with Crippen molar-refractivity contribution in [3.05, 3.63) is 47.8 Å². The molecule has 0 aliphatic heterocycles. The summed E-state index contributed by atoms with van der Waals surface area (Å²) >= 11 is 1.57. The van der Waals surface area contributed by atoms with Crippen molar-refractivity contribution in [1.82, 2.24) is 4.98 Å². The molecule has 0 spiro atoms. The highest BCUT2D eigenvalue weighted by molar-refractivity contribution is 7.99. The second kappa shape index (κ2) is 6.10. The Labute approximate surface area is 113 Å². The van der Waals surface area contributed by atoms with Crippen LogP contribution in [0.5, 0.6) is 0 Å². The molecule has 0 amide bonds. The monoisotopic (exact) mass is 283 g/mol. The van der Waals surface area contributed by atoms with E-state index in [-0.39, 0.29) is 5.56 Å². The molecule has 0 fully saturated rings. The van der Waals surface area contributed by atoms with E-state index in [2.05, 4.69) is 11.9 Å². The highest BCUT2D eigenvalue weighted by Gasteiger charge is 2.12. The van der Waals surface area contributed by atoms with Crippen LogP contribution in [-0.4, -0.2) is 10.7 Å². The summed E-state index contributed by atoms with van der Waals surface area (Å²) in [7, 11) is 0. The van der Waals surface area contributed by atoms with Crippen LogP contribution in [0.1, 0.15) is 13.3 Å². The van der Waals surface area contributed by atoms with E-state index in [1.807, 2.05) is 6.07 Å². The molecule has 0 bridgehead atoms. The lowest BCUT2D eigenvalue weighted by atomic mass is 10.1. The number of aromatic nitrogens is 1. The zero-order chi connectivity index (χ0) is 13.8. The van der Waals surface area contributed by atoms with Gasteiger partial charge in [0, 0.05) is 5.56 Å². The topological polar surface area (TPSA) is 12.9 Å². The molecule has 1 aromatic heterocycles. The second-order valence-electron chi connectivity index (χ2n) is 3.96. The Balaban J connectivity index is 2.36. The maximum Gasteiger partial charge on any atom is 0.194 e. The van der Waals surface area contributed by atoms with Gasteiger partial charge in [0.2, 0.25) is 0 Å². The van der Waals surface area contributed by atoms with Crippen molar-refractivity contribution in [3.8, 4) is 11.3 Å². The maximum absolute atomic E-state index is 13.2. The quantitative estimate of drug-likeness (QED) is 0.597. The van der Waals surface area contributed by atoms with Crippen LogP contribution in [0.4, 0.5) is 13.2 Å². The van der Waals surface area contributed by atoms with Crippen molar-refractivity contribution in [2.45, 2.75) is 18.4 Å². The van der Waals surface area contributed by atoms with Crippen molar-refractivity contribution < 1.29 is 13.2 Å². The van der Waals surface area contributed by atoms with Gasteiger partial charge in [-0.3, -0.25) is 0 Å². The summed E-state index contributed by atoms with van der Waals surface area (Å²) in [5, 5.41) is 0.782. The van der Waals surface area contributed by atoms with Crippen LogP contribution in [0, 0.1) is 17.5 Å². The van der Waals surface area contributed by atoms with E-state index in [0.717, 1.165) is 29.3 Å². The van der Waals surface area contributed by atoms with Crippen LogP contribution in [-0.2, 0) is 0 Å².